The molecule has 0 amide bonds. The standard InChI is InChI=1S/C7H11NO2/c8-4-7(5-9)2-1-3-10-6-7/h9H,1-3,5-6H2. The van der Waals surface area contributed by atoms with Gasteiger partial charge in [-0.15, -0.1) is 0 Å². The van der Waals surface area contributed by atoms with Crippen molar-refractivity contribution >= 4 is 0 Å². The lowest BCUT2D eigenvalue weighted by molar-refractivity contribution is -0.00615. The Balaban J connectivity index is 2.55. The van der Waals surface area contributed by atoms with E-state index in [2.05, 4.69) is 6.07 Å². The lowest BCUT2D eigenvalue weighted by Crippen LogP contribution is -2.33. The van der Waals surface area contributed by atoms with Crippen LogP contribution in [0.5, 0.6) is 0 Å². The normalized spacial score (nSPS) is 33.2. The van der Waals surface area contributed by atoms with Crippen LogP contribution in [0, 0.1) is 16.7 Å². The number of hydrogen-bond donors (Lipinski definition) is 1. The van der Waals surface area contributed by atoms with Crippen LogP contribution in [-0.4, -0.2) is 24.9 Å². The van der Waals surface area contributed by atoms with Crippen LogP contribution in [0.25, 0.3) is 0 Å². The molecule has 0 bridgehead atoms. The van der Waals surface area contributed by atoms with Crippen LogP contribution in [0.1, 0.15) is 12.8 Å². The summed E-state index contributed by atoms with van der Waals surface area (Å²) in [5.41, 5.74) is -0.599. The fourth-order valence-electron chi connectivity index (χ4n) is 1.10. The molecule has 0 aromatic heterocycles. The number of aliphatic hydroxyl groups excluding tert-OH is 1. The number of nitriles is 1. The van der Waals surface area contributed by atoms with E-state index in [9.17, 15) is 0 Å². The Morgan fingerprint density at radius 1 is 1.70 bits per heavy atom. The second-order valence-electron chi connectivity index (χ2n) is 2.71. The van der Waals surface area contributed by atoms with Crippen LogP contribution in [0.15, 0.2) is 0 Å². The van der Waals surface area contributed by atoms with Gasteiger partial charge < -0.3 is 9.84 Å². The molecule has 0 aromatic rings. The summed E-state index contributed by atoms with van der Waals surface area (Å²) in [7, 11) is 0. The Hall–Kier alpha value is -0.590. The minimum absolute atomic E-state index is 0.0799. The van der Waals surface area contributed by atoms with Crippen LogP contribution in [0.2, 0.25) is 0 Å². The van der Waals surface area contributed by atoms with Gasteiger partial charge in [0, 0.05) is 6.61 Å². The van der Waals surface area contributed by atoms with Crippen molar-refractivity contribution in [2.45, 2.75) is 12.8 Å². The highest BCUT2D eigenvalue weighted by Crippen LogP contribution is 2.26. The number of rotatable bonds is 1. The molecule has 1 fully saturated rings. The first-order valence-corrected chi connectivity index (χ1v) is 3.43. The number of nitrogens with zero attached hydrogens (tertiary/aromatic N) is 1. The zero-order chi connectivity index (χ0) is 7.45. The minimum atomic E-state index is -0.599. The Kier molecular flexibility index (Phi) is 2.25. The largest absolute Gasteiger partial charge is 0.395 e. The number of hydrogen-bond acceptors (Lipinski definition) is 3. The summed E-state index contributed by atoms with van der Waals surface area (Å²) in [5, 5.41) is 17.5. The van der Waals surface area contributed by atoms with Gasteiger partial charge in [-0.1, -0.05) is 0 Å². The predicted molar refractivity (Wildman–Crippen MR) is 35.2 cm³/mol. The van der Waals surface area contributed by atoms with E-state index < -0.39 is 5.41 Å². The molecule has 1 rings (SSSR count). The number of ether oxygens (including phenoxy) is 1. The highest BCUT2D eigenvalue weighted by molar-refractivity contribution is 4.99. The molecule has 56 valence electrons. The molecule has 3 nitrogen and oxygen atoms in total. The van der Waals surface area contributed by atoms with Crippen molar-refractivity contribution in [3.05, 3.63) is 0 Å². The molecule has 1 atom stereocenters. The molecule has 1 unspecified atom stereocenters. The van der Waals surface area contributed by atoms with Crippen molar-refractivity contribution in [2.75, 3.05) is 19.8 Å². The Bertz CT molecular complexity index is 144. The monoisotopic (exact) mass is 141 g/mol. The quantitative estimate of drug-likeness (QED) is 0.571. The summed E-state index contributed by atoms with van der Waals surface area (Å²) in [6.45, 7) is 1.03. The molecule has 1 heterocycles. The third-order valence-corrected chi connectivity index (χ3v) is 1.86. The van der Waals surface area contributed by atoms with E-state index in [4.69, 9.17) is 15.1 Å². The zero-order valence-electron chi connectivity index (χ0n) is 5.84. The maximum atomic E-state index is 8.84. The molecule has 0 saturated carbocycles. The average molecular weight is 141 g/mol. The molecule has 3 heteroatoms. The first-order valence-electron chi connectivity index (χ1n) is 3.43. The first kappa shape index (κ1) is 7.52. The van der Waals surface area contributed by atoms with E-state index in [1.807, 2.05) is 0 Å². The Labute approximate surface area is 60.2 Å². The van der Waals surface area contributed by atoms with E-state index in [0.29, 0.717) is 6.61 Å². The summed E-state index contributed by atoms with van der Waals surface area (Å²) in [6, 6.07) is 2.09. The maximum absolute atomic E-state index is 8.84. The lowest BCUT2D eigenvalue weighted by atomic mass is 9.85. The minimum Gasteiger partial charge on any atom is -0.395 e. The molecule has 0 aliphatic carbocycles. The van der Waals surface area contributed by atoms with Crippen LogP contribution >= 0.6 is 0 Å². The summed E-state index contributed by atoms with van der Waals surface area (Å²) >= 11 is 0. The van der Waals surface area contributed by atoms with Gasteiger partial charge in [0.1, 0.15) is 5.41 Å². The number of aliphatic hydroxyl groups is 1. The van der Waals surface area contributed by atoms with Gasteiger partial charge in [0.25, 0.3) is 0 Å². The topological polar surface area (TPSA) is 53.2 Å². The van der Waals surface area contributed by atoms with Gasteiger partial charge >= 0.3 is 0 Å². The van der Waals surface area contributed by atoms with Gasteiger partial charge in [0.05, 0.1) is 19.3 Å². The lowest BCUT2D eigenvalue weighted by Gasteiger charge is -2.27. The smallest absolute Gasteiger partial charge is 0.104 e. The van der Waals surface area contributed by atoms with E-state index in [1.165, 1.54) is 0 Å². The molecule has 0 radical (unpaired) electrons. The summed E-state index contributed by atoms with van der Waals surface area (Å²) < 4.78 is 5.08. The molecular formula is C7H11NO2. The van der Waals surface area contributed by atoms with Gasteiger partial charge in [0.15, 0.2) is 0 Å². The predicted octanol–water partition coefficient (Wildman–Crippen LogP) is 0.299. The van der Waals surface area contributed by atoms with Crippen LogP contribution in [0.4, 0.5) is 0 Å². The van der Waals surface area contributed by atoms with Crippen molar-refractivity contribution < 1.29 is 9.84 Å². The second-order valence-corrected chi connectivity index (χ2v) is 2.71. The molecule has 1 aliphatic rings. The van der Waals surface area contributed by atoms with Gasteiger partial charge in [-0.25, -0.2) is 0 Å². The highest BCUT2D eigenvalue weighted by atomic mass is 16.5. The maximum Gasteiger partial charge on any atom is 0.104 e. The van der Waals surface area contributed by atoms with Gasteiger partial charge in [-0.05, 0) is 12.8 Å². The van der Waals surface area contributed by atoms with Crippen LogP contribution in [-0.2, 0) is 4.74 Å². The first-order chi connectivity index (χ1) is 4.83. The summed E-state index contributed by atoms with van der Waals surface area (Å²) in [5.74, 6) is 0. The molecule has 10 heavy (non-hydrogen) atoms. The van der Waals surface area contributed by atoms with Crippen molar-refractivity contribution in [1.29, 1.82) is 5.26 Å². The Morgan fingerprint density at radius 3 is 2.80 bits per heavy atom. The fourth-order valence-corrected chi connectivity index (χ4v) is 1.10. The molecule has 1 N–H and O–H groups in total. The molecule has 0 aromatic carbocycles. The van der Waals surface area contributed by atoms with E-state index >= 15 is 0 Å². The molecule has 1 aliphatic heterocycles. The Morgan fingerprint density at radius 2 is 2.50 bits per heavy atom. The van der Waals surface area contributed by atoms with E-state index in [1.54, 1.807) is 0 Å². The summed E-state index contributed by atoms with van der Waals surface area (Å²) in [4.78, 5) is 0. The van der Waals surface area contributed by atoms with Gasteiger partial charge in [-0.2, -0.15) is 5.26 Å². The van der Waals surface area contributed by atoms with Crippen molar-refractivity contribution in [3.63, 3.8) is 0 Å². The molecular weight excluding hydrogens is 130 g/mol. The second kappa shape index (κ2) is 3.00. The third kappa shape index (κ3) is 1.28. The highest BCUT2D eigenvalue weighted by Gasteiger charge is 2.31. The third-order valence-electron chi connectivity index (χ3n) is 1.86. The summed E-state index contributed by atoms with van der Waals surface area (Å²) in [6.07, 6.45) is 1.65. The fraction of sp³-hybridized carbons (Fsp3) is 0.857. The van der Waals surface area contributed by atoms with E-state index in [-0.39, 0.29) is 6.61 Å². The molecule has 1 saturated heterocycles. The van der Waals surface area contributed by atoms with Crippen LogP contribution in [0.3, 0.4) is 0 Å². The van der Waals surface area contributed by atoms with Gasteiger partial charge in [-0.3, -0.25) is 0 Å². The average Bonchev–Trinajstić information content (AvgIpc) is 2.06. The van der Waals surface area contributed by atoms with Crippen molar-refractivity contribution in [3.8, 4) is 6.07 Å². The SMILES string of the molecule is N#CC1(CO)CCCOC1. The van der Waals surface area contributed by atoms with Crippen molar-refractivity contribution in [2.24, 2.45) is 5.41 Å². The molecule has 0 spiro atoms. The van der Waals surface area contributed by atoms with Crippen molar-refractivity contribution in [1.82, 2.24) is 0 Å². The van der Waals surface area contributed by atoms with E-state index in [0.717, 1.165) is 19.4 Å². The van der Waals surface area contributed by atoms with Crippen LogP contribution < -0.4 is 0 Å². The van der Waals surface area contributed by atoms with Gasteiger partial charge in [0.2, 0.25) is 0 Å². The zero-order valence-corrected chi connectivity index (χ0v) is 5.84.